The molecule has 1 unspecified atom stereocenters. The van der Waals surface area contributed by atoms with Crippen molar-refractivity contribution in [1.82, 2.24) is 14.7 Å². The summed E-state index contributed by atoms with van der Waals surface area (Å²) in [6.07, 6.45) is -1.60. The highest BCUT2D eigenvalue weighted by atomic mass is 32.2. The number of hydrogen-bond acceptors (Lipinski definition) is 9. The van der Waals surface area contributed by atoms with Crippen LogP contribution in [0, 0.1) is 0 Å². The van der Waals surface area contributed by atoms with Crippen LogP contribution in [0.5, 0.6) is 11.8 Å². The molecule has 2 heterocycles. The number of methoxy groups -OCH3 is 2. The van der Waals surface area contributed by atoms with E-state index in [1.165, 1.54) is 25.7 Å². The summed E-state index contributed by atoms with van der Waals surface area (Å²) in [6.45, 7) is -1.16. The number of rotatable bonds is 7. The lowest BCUT2D eigenvalue weighted by molar-refractivity contribution is 0.142. The van der Waals surface area contributed by atoms with Crippen LogP contribution in [0.3, 0.4) is 0 Å². The second kappa shape index (κ2) is 8.25. The van der Waals surface area contributed by atoms with Crippen LogP contribution in [0.4, 0.5) is 15.1 Å². The largest absolute Gasteiger partial charge is 0.481 e. The summed E-state index contributed by atoms with van der Waals surface area (Å²) in [6, 6.07) is 1.35. The number of thiophene rings is 1. The van der Waals surface area contributed by atoms with Gasteiger partial charge in [0, 0.05) is 0 Å². The van der Waals surface area contributed by atoms with Crippen molar-refractivity contribution in [3.05, 3.63) is 22.4 Å². The van der Waals surface area contributed by atoms with Crippen LogP contribution in [-0.4, -0.2) is 50.4 Å². The molecular formula is C13H15FN4O6S2. The maximum Gasteiger partial charge on any atom is 0.335 e. The summed E-state index contributed by atoms with van der Waals surface area (Å²) in [7, 11) is -1.67. The first kappa shape index (κ1) is 19.8. The number of halogens is 1. The Kier molecular flexibility index (Phi) is 6.28. The molecule has 2 amide bonds. The lowest BCUT2D eigenvalue weighted by atomic mass is 10.3. The summed E-state index contributed by atoms with van der Waals surface area (Å²) < 4.78 is 48.8. The first-order chi connectivity index (χ1) is 12.3. The van der Waals surface area contributed by atoms with Gasteiger partial charge < -0.3 is 14.6 Å². The van der Waals surface area contributed by atoms with E-state index >= 15 is 0 Å². The number of alkyl halides is 1. The zero-order valence-electron chi connectivity index (χ0n) is 13.6. The third-order valence-corrected chi connectivity index (χ3v) is 5.48. The van der Waals surface area contributed by atoms with Crippen molar-refractivity contribution < 1.29 is 32.2 Å². The molecule has 0 bridgehead atoms. The average molecular weight is 406 g/mol. The molecule has 142 valence electrons. The molecule has 0 radical (unpaired) electrons. The molecule has 2 aromatic rings. The van der Waals surface area contributed by atoms with Gasteiger partial charge in [0.25, 0.3) is 10.0 Å². The Hall–Kier alpha value is -2.51. The smallest absolute Gasteiger partial charge is 0.335 e. The number of anilines is 1. The molecule has 0 saturated heterocycles. The quantitative estimate of drug-likeness (QED) is 0.620. The maximum absolute atomic E-state index is 12.6. The van der Waals surface area contributed by atoms with Crippen molar-refractivity contribution in [3.8, 4) is 11.8 Å². The minimum absolute atomic E-state index is 0.0844. The lowest BCUT2D eigenvalue weighted by Gasteiger charge is -2.11. The van der Waals surface area contributed by atoms with E-state index in [0.29, 0.717) is 0 Å². The Balaban J connectivity index is 2.18. The van der Waals surface area contributed by atoms with E-state index in [-0.39, 0.29) is 22.6 Å². The number of hydrogen-bond donors (Lipinski definition) is 3. The maximum atomic E-state index is 12.6. The third-order valence-electron chi connectivity index (χ3n) is 2.95. The zero-order valence-corrected chi connectivity index (χ0v) is 15.2. The van der Waals surface area contributed by atoms with Gasteiger partial charge >= 0.3 is 6.03 Å². The number of sulfonamides is 1. The van der Waals surface area contributed by atoms with Gasteiger partial charge in [-0.3, -0.25) is 5.32 Å². The van der Waals surface area contributed by atoms with Crippen molar-refractivity contribution >= 4 is 33.3 Å². The Morgan fingerprint density at radius 2 is 1.96 bits per heavy atom. The van der Waals surface area contributed by atoms with Gasteiger partial charge in [0.2, 0.25) is 17.7 Å². The van der Waals surface area contributed by atoms with Gasteiger partial charge in [-0.05, 0) is 11.4 Å². The number of nitrogens with zero attached hydrogens (tertiary/aromatic N) is 2. The number of carbonyl (C=O) groups is 1. The second-order valence-electron chi connectivity index (χ2n) is 4.66. The van der Waals surface area contributed by atoms with Crippen LogP contribution in [0.2, 0.25) is 0 Å². The van der Waals surface area contributed by atoms with Crippen molar-refractivity contribution in [2.75, 3.05) is 26.2 Å². The molecule has 0 aliphatic carbocycles. The van der Waals surface area contributed by atoms with Crippen LogP contribution in [0.1, 0.15) is 11.0 Å². The molecule has 13 heteroatoms. The average Bonchev–Trinajstić information content (AvgIpc) is 3.10. The summed E-state index contributed by atoms with van der Waals surface area (Å²) in [5.74, 6) is -0.0920. The standard InChI is InChI=1S/C13H15FN4O6S2/c1-23-9-5-10(24-2)16-12(15-9)17-13(20)18-26(21,22)8-3-4-25-11(8)7(19)6-14/h3-5,7,19H,6H2,1-2H3,(H2,15,16,17,18,20). The molecular weight excluding hydrogens is 391 g/mol. The van der Waals surface area contributed by atoms with Gasteiger partial charge in [-0.25, -0.2) is 22.3 Å². The number of ether oxygens (including phenoxy) is 2. The van der Waals surface area contributed by atoms with Crippen molar-refractivity contribution in [1.29, 1.82) is 0 Å². The number of carbonyl (C=O) groups excluding carboxylic acids is 1. The van der Waals surface area contributed by atoms with Crippen molar-refractivity contribution in [3.63, 3.8) is 0 Å². The highest BCUT2D eigenvalue weighted by Gasteiger charge is 2.26. The van der Waals surface area contributed by atoms with Crippen molar-refractivity contribution in [2.45, 2.75) is 11.0 Å². The van der Waals surface area contributed by atoms with Crippen molar-refractivity contribution in [2.24, 2.45) is 0 Å². The molecule has 0 aromatic carbocycles. The first-order valence-electron chi connectivity index (χ1n) is 6.93. The van der Waals surface area contributed by atoms with Crippen LogP contribution < -0.4 is 19.5 Å². The summed E-state index contributed by atoms with van der Waals surface area (Å²) in [5, 5.41) is 13.0. The van der Waals surface area contributed by atoms with Gasteiger partial charge in [0.15, 0.2) is 0 Å². The summed E-state index contributed by atoms with van der Waals surface area (Å²) >= 11 is 0.851. The molecule has 26 heavy (non-hydrogen) atoms. The minimum atomic E-state index is -4.35. The Labute approximate surface area is 152 Å². The predicted octanol–water partition coefficient (Wildman–Crippen LogP) is 1.07. The predicted molar refractivity (Wildman–Crippen MR) is 89.7 cm³/mol. The van der Waals surface area contributed by atoms with Gasteiger partial charge in [-0.15, -0.1) is 11.3 Å². The van der Waals surface area contributed by atoms with Gasteiger partial charge in [0.05, 0.1) is 25.2 Å². The second-order valence-corrected chi connectivity index (χ2v) is 7.25. The molecule has 0 aliphatic heterocycles. The molecule has 0 spiro atoms. The highest BCUT2D eigenvalue weighted by molar-refractivity contribution is 7.90. The Morgan fingerprint density at radius 3 is 2.50 bits per heavy atom. The van der Waals surface area contributed by atoms with E-state index in [2.05, 4.69) is 15.3 Å². The number of urea groups is 1. The van der Waals surface area contributed by atoms with Crippen LogP contribution >= 0.6 is 11.3 Å². The fourth-order valence-electron chi connectivity index (χ4n) is 1.82. The lowest BCUT2D eigenvalue weighted by Crippen LogP contribution is -2.35. The Bertz CT molecular complexity index is 866. The van der Waals surface area contributed by atoms with Gasteiger partial charge in [0.1, 0.15) is 17.7 Å². The van der Waals surface area contributed by atoms with E-state index in [1.54, 1.807) is 4.72 Å². The van der Waals surface area contributed by atoms with Gasteiger partial charge in [-0.2, -0.15) is 9.97 Å². The normalized spacial score (nSPS) is 12.3. The van der Waals surface area contributed by atoms with Crippen LogP contribution in [0.25, 0.3) is 0 Å². The highest BCUT2D eigenvalue weighted by Crippen LogP contribution is 2.28. The molecule has 1 atom stereocenters. The SMILES string of the molecule is COc1cc(OC)nc(NC(=O)NS(=O)(=O)c2ccsc2C(O)CF)n1. The van der Waals surface area contributed by atoms with Crippen LogP contribution in [0.15, 0.2) is 22.4 Å². The summed E-state index contributed by atoms with van der Waals surface area (Å²) in [5.41, 5.74) is 0. The number of nitrogens with one attached hydrogen (secondary N) is 2. The van der Waals surface area contributed by atoms with E-state index in [4.69, 9.17) is 9.47 Å². The van der Waals surface area contributed by atoms with E-state index in [1.807, 2.05) is 0 Å². The van der Waals surface area contributed by atoms with Crippen LogP contribution in [-0.2, 0) is 10.0 Å². The molecule has 10 nitrogen and oxygen atoms in total. The van der Waals surface area contributed by atoms with Gasteiger partial charge in [-0.1, -0.05) is 0 Å². The zero-order chi connectivity index (χ0) is 19.3. The summed E-state index contributed by atoms with van der Waals surface area (Å²) in [4.78, 5) is 19.1. The fourth-order valence-corrected chi connectivity index (χ4v) is 4.18. The monoisotopic (exact) mass is 406 g/mol. The number of aliphatic hydroxyl groups is 1. The minimum Gasteiger partial charge on any atom is -0.481 e. The number of aromatic nitrogens is 2. The molecule has 2 rings (SSSR count). The number of aliphatic hydroxyl groups excluding tert-OH is 1. The Morgan fingerprint density at radius 1 is 1.35 bits per heavy atom. The number of amides is 2. The van der Waals surface area contributed by atoms with E-state index in [0.717, 1.165) is 17.4 Å². The molecule has 3 N–H and O–H groups in total. The molecule has 0 saturated carbocycles. The molecule has 0 aliphatic rings. The molecule has 0 fully saturated rings. The van der Waals surface area contributed by atoms with E-state index < -0.39 is 33.7 Å². The molecule has 2 aromatic heterocycles. The first-order valence-corrected chi connectivity index (χ1v) is 9.29. The van der Waals surface area contributed by atoms with E-state index in [9.17, 15) is 22.7 Å². The topological polar surface area (TPSA) is 140 Å². The fraction of sp³-hybridized carbons (Fsp3) is 0.308. The third kappa shape index (κ3) is 4.56.